The van der Waals surface area contributed by atoms with Gasteiger partial charge in [-0.3, -0.25) is 4.79 Å². The van der Waals surface area contributed by atoms with Crippen LogP contribution in [-0.4, -0.2) is 39.9 Å². The molecule has 0 bridgehead atoms. The number of aromatic nitrogens is 4. The molecule has 0 radical (unpaired) electrons. The van der Waals surface area contributed by atoms with E-state index in [0.717, 1.165) is 39.1 Å². The number of amides is 1. The Bertz CT molecular complexity index is 1810. The molecule has 2 aromatic heterocycles. The van der Waals surface area contributed by atoms with Crippen molar-refractivity contribution in [3.63, 3.8) is 0 Å². The summed E-state index contributed by atoms with van der Waals surface area (Å²) in [5.74, 6) is 2.66. The fourth-order valence-electron chi connectivity index (χ4n) is 4.54. The summed E-state index contributed by atoms with van der Waals surface area (Å²) in [5.41, 5.74) is 3.88. The molecule has 0 saturated heterocycles. The molecule has 198 valence electrons. The van der Waals surface area contributed by atoms with E-state index in [1.807, 2.05) is 97.1 Å². The molecule has 0 atom stereocenters. The van der Waals surface area contributed by atoms with Crippen LogP contribution >= 0.6 is 0 Å². The zero-order valence-corrected chi connectivity index (χ0v) is 22.0. The molecule has 0 aliphatic rings. The molecule has 0 spiro atoms. The number of ether oxygens (including phenoxy) is 2. The van der Waals surface area contributed by atoms with Crippen molar-refractivity contribution in [2.45, 2.75) is 6.42 Å². The van der Waals surface area contributed by atoms with E-state index >= 15 is 0 Å². The smallest absolute Gasteiger partial charge is 0.228 e. The van der Waals surface area contributed by atoms with Crippen LogP contribution in [-0.2, 0) is 11.2 Å². The van der Waals surface area contributed by atoms with Gasteiger partial charge in [0.2, 0.25) is 5.91 Å². The maximum Gasteiger partial charge on any atom is 0.228 e. The molecule has 0 unspecified atom stereocenters. The zero-order chi connectivity index (χ0) is 27.5. The van der Waals surface area contributed by atoms with Gasteiger partial charge in [-0.2, -0.15) is 4.52 Å². The molecule has 9 nitrogen and oxygen atoms in total. The molecular formula is C31H26N6O3. The number of nitrogens with one attached hydrogen (secondary N) is 2. The first-order valence-corrected chi connectivity index (χ1v) is 12.7. The van der Waals surface area contributed by atoms with E-state index in [2.05, 4.69) is 20.8 Å². The van der Waals surface area contributed by atoms with Crippen LogP contribution in [0.25, 0.3) is 27.8 Å². The number of methoxy groups -OCH3 is 2. The van der Waals surface area contributed by atoms with Crippen LogP contribution in [0.15, 0.2) is 97.1 Å². The molecule has 0 aliphatic carbocycles. The Balaban J connectivity index is 1.29. The molecule has 1 amide bonds. The molecule has 0 fully saturated rings. The van der Waals surface area contributed by atoms with Crippen LogP contribution in [0.5, 0.6) is 11.5 Å². The van der Waals surface area contributed by atoms with Gasteiger partial charge in [0.15, 0.2) is 17.3 Å². The summed E-state index contributed by atoms with van der Waals surface area (Å²) < 4.78 is 12.2. The van der Waals surface area contributed by atoms with Gasteiger partial charge in [-0.1, -0.05) is 42.5 Å². The molecule has 40 heavy (non-hydrogen) atoms. The quantitative estimate of drug-likeness (QED) is 0.253. The predicted molar refractivity (Wildman–Crippen MR) is 155 cm³/mol. The molecular weight excluding hydrogens is 504 g/mol. The Morgan fingerprint density at radius 1 is 0.775 bits per heavy atom. The number of carbonyl (C=O) groups is 1. The SMILES string of the molecule is COc1ccc(CC(=O)Nc2cccc(Nc3nn4c(-c5ccc(OC)cc5)nnc4c4ccccc34)c2)cc1. The summed E-state index contributed by atoms with van der Waals surface area (Å²) in [7, 11) is 3.25. The van der Waals surface area contributed by atoms with E-state index in [1.165, 1.54) is 0 Å². The largest absolute Gasteiger partial charge is 0.497 e. The molecule has 9 heteroatoms. The average Bonchev–Trinajstić information content (AvgIpc) is 3.42. The van der Waals surface area contributed by atoms with Crippen LogP contribution in [0.1, 0.15) is 5.56 Å². The first kappa shape index (κ1) is 24.9. The summed E-state index contributed by atoms with van der Waals surface area (Å²) in [4.78, 5) is 12.7. The van der Waals surface area contributed by atoms with Crippen LogP contribution in [0, 0.1) is 0 Å². The van der Waals surface area contributed by atoms with Crippen LogP contribution in [0.2, 0.25) is 0 Å². The van der Waals surface area contributed by atoms with Gasteiger partial charge in [0, 0.05) is 27.7 Å². The lowest BCUT2D eigenvalue weighted by Gasteiger charge is -2.12. The highest BCUT2D eigenvalue weighted by atomic mass is 16.5. The van der Waals surface area contributed by atoms with E-state index in [-0.39, 0.29) is 12.3 Å². The Morgan fingerprint density at radius 2 is 1.45 bits per heavy atom. The number of hydrogen-bond donors (Lipinski definition) is 2. The van der Waals surface area contributed by atoms with Crippen LogP contribution in [0.3, 0.4) is 0 Å². The molecule has 0 saturated carbocycles. The summed E-state index contributed by atoms with van der Waals surface area (Å²) in [6.07, 6.45) is 0.256. The number of benzene rings is 4. The van der Waals surface area contributed by atoms with Crippen molar-refractivity contribution in [1.82, 2.24) is 19.8 Å². The topological polar surface area (TPSA) is 103 Å². The van der Waals surface area contributed by atoms with Gasteiger partial charge in [-0.05, 0) is 60.2 Å². The van der Waals surface area contributed by atoms with Crippen LogP contribution in [0.4, 0.5) is 17.2 Å². The van der Waals surface area contributed by atoms with Crippen molar-refractivity contribution in [2.24, 2.45) is 0 Å². The predicted octanol–water partition coefficient (Wildman–Crippen LogP) is 5.89. The molecule has 2 N–H and O–H groups in total. The lowest BCUT2D eigenvalue weighted by Crippen LogP contribution is -2.14. The van der Waals surface area contributed by atoms with Gasteiger partial charge in [0.05, 0.1) is 20.6 Å². The number of nitrogens with zero attached hydrogens (tertiary/aromatic N) is 4. The highest BCUT2D eigenvalue weighted by Gasteiger charge is 2.16. The van der Waals surface area contributed by atoms with Crippen molar-refractivity contribution in [3.05, 3.63) is 103 Å². The summed E-state index contributed by atoms with van der Waals surface area (Å²) in [6, 6.07) is 30.5. The Kier molecular flexibility index (Phi) is 6.68. The second-order valence-corrected chi connectivity index (χ2v) is 9.16. The lowest BCUT2D eigenvalue weighted by atomic mass is 10.1. The minimum Gasteiger partial charge on any atom is -0.497 e. The van der Waals surface area contributed by atoms with Crippen molar-refractivity contribution < 1.29 is 14.3 Å². The Hall–Kier alpha value is -5.44. The van der Waals surface area contributed by atoms with Crippen molar-refractivity contribution in [1.29, 1.82) is 0 Å². The third-order valence-corrected chi connectivity index (χ3v) is 6.54. The minimum atomic E-state index is -0.110. The summed E-state index contributed by atoms with van der Waals surface area (Å²) in [5, 5.41) is 22.0. The lowest BCUT2D eigenvalue weighted by molar-refractivity contribution is -0.115. The first-order chi connectivity index (χ1) is 19.6. The molecule has 6 aromatic rings. The Labute approximate surface area is 230 Å². The molecule has 6 rings (SSSR count). The monoisotopic (exact) mass is 530 g/mol. The van der Waals surface area contributed by atoms with Gasteiger partial charge < -0.3 is 20.1 Å². The van der Waals surface area contributed by atoms with Crippen molar-refractivity contribution in [2.75, 3.05) is 24.9 Å². The Morgan fingerprint density at radius 3 is 2.17 bits per heavy atom. The van der Waals surface area contributed by atoms with Gasteiger partial charge in [0.1, 0.15) is 11.5 Å². The van der Waals surface area contributed by atoms with E-state index in [9.17, 15) is 4.79 Å². The average molecular weight is 531 g/mol. The normalized spacial score (nSPS) is 10.9. The number of rotatable bonds is 8. The maximum absolute atomic E-state index is 12.7. The summed E-state index contributed by atoms with van der Waals surface area (Å²) >= 11 is 0. The third kappa shape index (κ3) is 5.00. The zero-order valence-electron chi connectivity index (χ0n) is 22.0. The van der Waals surface area contributed by atoms with E-state index in [4.69, 9.17) is 14.6 Å². The number of fused-ring (bicyclic) bond motifs is 3. The fourth-order valence-corrected chi connectivity index (χ4v) is 4.54. The van der Waals surface area contributed by atoms with E-state index < -0.39 is 0 Å². The van der Waals surface area contributed by atoms with Gasteiger partial charge in [-0.15, -0.1) is 15.3 Å². The van der Waals surface area contributed by atoms with Crippen molar-refractivity contribution >= 4 is 39.5 Å². The molecule has 4 aromatic carbocycles. The number of anilines is 3. The highest BCUT2D eigenvalue weighted by molar-refractivity contribution is 6.01. The van der Waals surface area contributed by atoms with Gasteiger partial charge in [-0.25, -0.2) is 0 Å². The molecule has 2 heterocycles. The van der Waals surface area contributed by atoms with Gasteiger partial charge >= 0.3 is 0 Å². The minimum absolute atomic E-state index is 0.110. The second kappa shape index (κ2) is 10.7. The van der Waals surface area contributed by atoms with E-state index in [0.29, 0.717) is 23.0 Å². The molecule has 0 aliphatic heterocycles. The number of carbonyl (C=O) groups excluding carboxylic acids is 1. The first-order valence-electron chi connectivity index (χ1n) is 12.7. The summed E-state index contributed by atoms with van der Waals surface area (Å²) in [6.45, 7) is 0. The maximum atomic E-state index is 12.7. The third-order valence-electron chi connectivity index (χ3n) is 6.54. The number of hydrogen-bond acceptors (Lipinski definition) is 7. The van der Waals surface area contributed by atoms with Gasteiger partial charge in [0.25, 0.3) is 0 Å². The van der Waals surface area contributed by atoms with Crippen molar-refractivity contribution in [3.8, 4) is 22.9 Å². The highest BCUT2D eigenvalue weighted by Crippen LogP contribution is 2.30. The van der Waals surface area contributed by atoms with Crippen LogP contribution < -0.4 is 20.1 Å². The second-order valence-electron chi connectivity index (χ2n) is 9.16. The fraction of sp³-hybridized carbons (Fsp3) is 0.0968. The standard InChI is InChI=1S/C31H26N6O3/c1-39-24-14-10-20(11-15-24)18-28(38)32-22-6-5-7-23(19-22)33-29-26-8-3-4-9-27(26)31-35-34-30(37(31)36-29)21-12-16-25(40-2)17-13-21/h3-17,19H,18H2,1-2H3,(H,32,38)(H,33,36). The van der Waals surface area contributed by atoms with E-state index in [1.54, 1.807) is 18.7 Å².